The molecule has 0 heterocycles. The monoisotopic (exact) mass is 412 g/mol. The van der Waals surface area contributed by atoms with E-state index in [1.54, 1.807) is 45.0 Å². The first-order valence-electron chi connectivity index (χ1n) is 7.43. The number of benzene rings is 1. The summed E-state index contributed by atoms with van der Waals surface area (Å²) in [6.07, 6.45) is -1.48. The molecule has 0 radical (unpaired) electrons. The van der Waals surface area contributed by atoms with Crippen LogP contribution in [0.5, 0.6) is 5.75 Å². The highest BCUT2D eigenvalue weighted by atomic mass is 35.6. The fourth-order valence-corrected chi connectivity index (χ4v) is 3.51. The van der Waals surface area contributed by atoms with E-state index in [0.29, 0.717) is 11.3 Å². The summed E-state index contributed by atoms with van der Waals surface area (Å²) >= 11 is 18.2. The van der Waals surface area contributed by atoms with Crippen LogP contribution in [-0.4, -0.2) is 23.9 Å². The first-order chi connectivity index (χ1) is 10.7. The van der Waals surface area contributed by atoms with Crippen molar-refractivity contribution in [2.45, 2.75) is 55.9 Å². The van der Waals surface area contributed by atoms with Gasteiger partial charge in [-0.25, -0.2) is 4.79 Å². The molecular formula is C16H23Cl3O4Si. The van der Waals surface area contributed by atoms with Crippen molar-refractivity contribution in [3.63, 3.8) is 0 Å². The molecule has 8 heteroatoms. The van der Waals surface area contributed by atoms with Crippen LogP contribution in [0.3, 0.4) is 0 Å². The summed E-state index contributed by atoms with van der Waals surface area (Å²) in [5.74, 6) is 0.337. The second-order valence-corrected chi connectivity index (χ2v) is 14.1. The first kappa shape index (κ1) is 21.6. The Hall–Kier alpha value is -0.463. The molecule has 1 unspecified atom stereocenters. The minimum absolute atomic E-state index is 0.337. The third-order valence-corrected chi connectivity index (χ3v) is 4.08. The Balaban J connectivity index is 2.89. The molecule has 0 aromatic heterocycles. The van der Waals surface area contributed by atoms with E-state index in [0.717, 1.165) is 0 Å². The average Bonchev–Trinajstić information content (AvgIpc) is 2.32. The van der Waals surface area contributed by atoms with Gasteiger partial charge in [0.1, 0.15) is 17.5 Å². The van der Waals surface area contributed by atoms with Crippen molar-refractivity contribution in [1.82, 2.24) is 0 Å². The molecule has 0 saturated carbocycles. The molecule has 1 atom stereocenters. The molecule has 1 aromatic rings. The van der Waals surface area contributed by atoms with Gasteiger partial charge in [-0.3, -0.25) is 0 Å². The summed E-state index contributed by atoms with van der Waals surface area (Å²) in [6.45, 7) is 11.3. The Morgan fingerprint density at radius 1 is 1.04 bits per heavy atom. The number of carbonyl (C=O) groups excluding carboxylic acids is 1. The second kappa shape index (κ2) is 7.83. The van der Waals surface area contributed by atoms with E-state index in [4.69, 9.17) is 48.7 Å². The van der Waals surface area contributed by atoms with Crippen molar-refractivity contribution in [1.29, 1.82) is 0 Å². The maximum absolute atomic E-state index is 11.7. The lowest BCUT2D eigenvalue weighted by atomic mass is 10.1. The van der Waals surface area contributed by atoms with Gasteiger partial charge in [-0.2, -0.15) is 0 Å². The molecule has 0 aliphatic heterocycles. The van der Waals surface area contributed by atoms with E-state index in [2.05, 4.69) is 0 Å². The van der Waals surface area contributed by atoms with Crippen LogP contribution in [-0.2, 0) is 9.16 Å². The van der Waals surface area contributed by atoms with E-state index in [-0.39, 0.29) is 0 Å². The van der Waals surface area contributed by atoms with Gasteiger partial charge in [-0.15, -0.1) is 0 Å². The number of hydrogen-bond donors (Lipinski definition) is 0. The minimum Gasteiger partial charge on any atom is -0.428 e. The summed E-state index contributed by atoms with van der Waals surface area (Å²) in [6, 6.07) is 6.62. The van der Waals surface area contributed by atoms with Crippen molar-refractivity contribution >= 4 is 49.3 Å². The SMILES string of the molecule is CC(C)(C)OC(=O)Oc1ccc(C(O[Si](C)(C)C)C(Cl)(Cl)Cl)cc1. The number of halogens is 3. The molecule has 0 saturated heterocycles. The van der Waals surface area contributed by atoms with Gasteiger partial charge >= 0.3 is 6.16 Å². The highest BCUT2D eigenvalue weighted by Gasteiger charge is 2.38. The lowest BCUT2D eigenvalue weighted by molar-refractivity contribution is 0.0206. The molecule has 0 spiro atoms. The summed E-state index contributed by atoms with van der Waals surface area (Å²) in [7, 11) is -1.94. The third-order valence-electron chi connectivity index (χ3n) is 2.54. The molecule has 0 aliphatic rings. The van der Waals surface area contributed by atoms with Crippen molar-refractivity contribution in [2.75, 3.05) is 0 Å². The highest BCUT2D eigenvalue weighted by molar-refractivity contribution is 6.71. The lowest BCUT2D eigenvalue weighted by Gasteiger charge is -2.31. The van der Waals surface area contributed by atoms with E-state index < -0.39 is 30.0 Å². The van der Waals surface area contributed by atoms with E-state index >= 15 is 0 Å². The molecular weight excluding hydrogens is 391 g/mol. The van der Waals surface area contributed by atoms with Gasteiger partial charge in [0.05, 0.1) is 0 Å². The van der Waals surface area contributed by atoms with Crippen molar-refractivity contribution in [3.8, 4) is 5.75 Å². The Labute approximate surface area is 159 Å². The van der Waals surface area contributed by atoms with Gasteiger partial charge in [-0.1, -0.05) is 46.9 Å². The molecule has 0 amide bonds. The maximum Gasteiger partial charge on any atom is 0.514 e. The van der Waals surface area contributed by atoms with Crippen LogP contribution in [0.4, 0.5) is 4.79 Å². The first-order valence-corrected chi connectivity index (χ1v) is 12.0. The van der Waals surface area contributed by atoms with Crippen LogP contribution in [0.1, 0.15) is 32.4 Å². The van der Waals surface area contributed by atoms with Crippen molar-refractivity contribution in [3.05, 3.63) is 29.8 Å². The molecule has 0 fully saturated rings. The van der Waals surface area contributed by atoms with Crippen LogP contribution < -0.4 is 4.74 Å². The van der Waals surface area contributed by atoms with Gasteiger partial charge in [0.25, 0.3) is 0 Å². The molecule has 0 aliphatic carbocycles. The highest BCUT2D eigenvalue weighted by Crippen LogP contribution is 2.44. The minimum atomic E-state index is -1.94. The van der Waals surface area contributed by atoms with Gasteiger partial charge < -0.3 is 13.9 Å². The van der Waals surface area contributed by atoms with Crippen LogP contribution in [0, 0.1) is 0 Å². The summed E-state index contributed by atoms with van der Waals surface area (Å²) in [5, 5.41) is 0. The van der Waals surface area contributed by atoms with Crippen LogP contribution in [0.15, 0.2) is 24.3 Å². The summed E-state index contributed by atoms with van der Waals surface area (Å²) < 4.78 is 14.6. The predicted molar refractivity (Wildman–Crippen MR) is 101 cm³/mol. The van der Waals surface area contributed by atoms with Gasteiger partial charge in [0, 0.05) is 0 Å². The van der Waals surface area contributed by atoms with E-state index in [9.17, 15) is 4.79 Å². The van der Waals surface area contributed by atoms with Crippen molar-refractivity contribution < 1.29 is 18.7 Å². The Kier molecular flexibility index (Phi) is 7.04. The van der Waals surface area contributed by atoms with E-state index in [1.807, 2.05) is 19.6 Å². The van der Waals surface area contributed by atoms with Crippen molar-refractivity contribution in [2.24, 2.45) is 0 Å². The summed E-state index contributed by atoms with van der Waals surface area (Å²) in [4.78, 5) is 11.7. The molecule has 0 N–H and O–H groups in total. The van der Waals surface area contributed by atoms with Crippen LogP contribution in [0.25, 0.3) is 0 Å². The van der Waals surface area contributed by atoms with Crippen LogP contribution >= 0.6 is 34.8 Å². The fraction of sp³-hybridized carbons (Fsp3) is 0.562. The number of ether oxygens (including phenoxy) is 2. The fourth-order valence-electron chi connectivity index (χ4n) is 1.76. The molecule has 4 nitrogen and oxygen atoms in total. The average molecular weight is 414 g/mol. The third kappa shape index (κ3) is 8.08. The van der Waals surface area contributed by atoms with Gasteiger partial charge in [0.2, 0.25) is 3.79 Å². The van der Waals surface area contributed by atoms with E-state index in [1.165, 1.54) is 0 Å². The topological polar surface area (TPSA) is 44.8 Å². The summed E-state index contributed by atoms with van der Waals surface area (Å²) in [5.41, 5.74) is 0.0666. The zero-order chi connectivity index (χ0) is 18.8. The largest absolute Gasteiger partial charge is 0.514 e. The normalized spacial score (nSPS) is 14.2. The lowest BCUT2D eigenvalue weighted by Crippen LogP contribution is -2.33. The van der Waals surface area contributed by atoms with Crippen LogP contribution in [0.2, 0.25) is 19.6 Å². The molecule has 136 valence electrons. The van der Waals surface area contributed by atoms with Gasteiger partial charge in [0.15, 0.2) is 8.32 Å². The quantitative estimate of drug-likeness (QED) is 0.253. The smallest absolute Gasteiger partial charge is 0.428 e. The predicted octanol–water partition coefficient (Wildman–Crippen LogP) is 6.26. The van der Waals surface area contributed by atoms with Gasteiger partial charge in [-0.05, 0) is 58.1 Å². The zero-order valence-corrected chi connectivity index (χ0v) is 17.9. The number of carbonyl (C=O) groups is 1. The molecule has 1 aromatic carbocycles. The molecule has 1 rings (SSSR count). The molecule has 24 heavy (non-hydrogen) atoms. The Morgan fingerprint density at radius 3 is 1.92 bits per heavy atom. The standard InChI is InChI=1S/C16H23Cl3O4Si/c1-15(2,3)22-14(20)21-12-9-7-11(8-10-12)13(16(17,18)19)23-24(4,5)6/h7-10,13H,1-6H3. The second-order valence-electron chi connectivity index (χ2n) is 7.29. The molecule has 0 bridgehead atoms. The maximum atomic E-state index is 11.7. The number of hydrogen-bond acceptors (Lipinski definition) is 4. The Morgan fingerprint density at radius 2 is 1.54 bits per heavy atom. The number of rotatable bonds is 4. The zero-order valence-electron chi connectivity index (χ0n) is 14.7. The Bertz CT molecular complexity index is 557. The number of alkyl halides is 3.